The van der Waals surface area contributed by atoms with E-state index < -0.39 is 29.5 Å². The van der Waals surface area contributed by atoms with Gasteiger partial charge in [0, 0.05) is 0 Å². The molecule has 0 heterocycles. The molecule has 5 nitrogen and oxygen atoms in total. The quantitative estimate of drug-likeness (QED) is 0.111. The summed E-state index contributed by atoms with van der Waals surface area (Å²) in [4.78, 5) is 0. The van der Waals surface area contributed by atoms with Gasteiger partial charge in [0.05, 0.1) is 13.2 Å². The SMILES string of the molecule is OC(COC(c1ccccc1)(c1ccccc1)c1ccccc1)C(O)C(O)COC(c1ccccc1)(c1ccccc1)c1ccccc1. The molecule has 0 amide bonds. The Hall–Kier alpha value is -4.88. The third kappa shape index (κ3) is 6.74. The standard InChI is InChI=1S/C43H40O5/c44-39(31-47-42(33-19-7-1-8-20-33,34-21-9-2-10-22-34)35-23-11-3-12-24-35)41(46)40(45)32-48-43(36-25-13-4-14-26-36,37-27-15-5-16-28-37)38-29-17-6-18-30-38/h1-30,39-41,44-46H,31-32H2. The Morgan fingerprint density at radius 2 is 0.521 bits per heavy atom. The molecule has 0 bridgehead atoms. The van der Waals surface area contributed by atoms with Gasteiger partial charge in [-0.2, -0.15) is 0 Å². The molecular formula is C43H40O5. The van der Waals surface area contributed by atoms with E-state index in [4.69, 9.17) is 9.47 Å². The highest BCUT2D eigenvalue weighted by Crippen LogP contribution is 2.42. The van der Waals surface area contributed by atoms with Crippen LogP contribution in [0.15, 0.2) is 182 Å². The lowest BCUT2D eigenvalue weighted by molar-refractivity contribution is -0.135. The van der Waals surface area contributed by atoms with Gasteiger partial charge in [0.2, 0.25) is 0 Å². The fourth-order valence-electron chi connectivity index (χ4n) is 6.41. The maximum atomic E-state index is 11.4. The Bertz CT molecular complexity index is 1470. The molecule has 5 heteroatoms. The molecule has 0 aliphatic heterocycles. The fourth-order valence-corrected chi connectivity index (χ4v) is 6.41. The summed E-state index contributed by atoms with van der Waals surface area (Å²) in [6.07, 6.45) is -4.43. The maximum Gasteiger partial charge on any atom is 0.143 e. The molecule has 6 rings (SSSR count). The van der Waals surface area contributed by atoms with E-state index in [1.165, 1.54) is 0 Å². The van der Waals surface area contributed by atoms with Crippen LogP contribution in [0.1, 0.15) is 33.4 Å². The molecule has 0 aliphatic rings. The smallest absolute Gasteiger partial charge is 0.143 e. The lowest BCUT2D eigenvalue weighted by Crippen LogP contribution is -2.46. The first kappa shape index (κ1) is 33.0. The number of aliphatic hydroxyl groups excluding tert-OH is 3. The molecule has 242 valence electrons. The average Bonchev–Trinajstić information content (AvgIpc) is 3.17. The third-order valence-electron chi connectivity index (χ3n) is 8.81. The first-order valence-electron chi connectivity index (χ1n) is 16.2. The van der Waals surface area contributed by atoms with Crippen molar-refractivity contribution in [3.8, 4) is 0 Å². The van der Waals surface area contributed by atoms with Crippen molar-refractivity contribution in [3.63, 3.8) is 0 Å². The summed E-state index contributed by atoms with van der Waals surface area (Å²) in [6, 6.07) is 58.9. The highest BCUT2D eigenvalue weighted by atomic mass is 16.5. The highest BCUT2D eigenvalue weighted by Gasteiger charge is 2.41. The number of hydrogen-bond acceptors (Lipinski definition) is 5. The molecule has 6 aromatic carbocycles. The van der Waals surface area contributed by atoms with Crippen molar-refractivity contribution in [3.05, 3.63) is 215 Å². The Kier molecular flexibility index (Phi) is 10.6. The number of aliphatic hydroxyl groups is 3. The summed E-state index contributed by atoms with van der Waals surface area (Å²) in [5.41, 5.74) is 3.03. The first-order valence-corrected chi connectivity index (χ1v) is 16.2. The van der Waals surface area contributed by atoms with Gasteiger partial charge in [0.15, 0.2) is 0 Å². The van der Waals surface area contributed by atoms with Crippen LogP contribution in [0.25, 0.3) is 0 Å². The minimum atomic E-state index is -1.56. The molecule has 0 fully saturated rings. The van der Waals surface area contributed by atoms with Gasteiger partial charge in [-0.25, -0.2) is 0 Å². The van der Waals surface area contributed by atoms with Gasteiger partial charge in [-0.1, -0.05) is 182 Å². The van der Waals surface area contributed by atoms with Gasteiger partial charge in [0.1, 0.15) is 29.5 Å². The monoisotopic (exact) mass is 636 g/mol. The summed E-state index contributed by atoms with van der Waals surface area (Å²) < 4.78 is 13.4. The number of rotatable bonds is 14. The molecule has 0 aromatic heterocycles. The molecule has 0 aliphatic carbocycles. The fraction of sp³-hybridized carbons (Fsp3) is 0.163. The Balaban J connectivity index is 1.28. The lowest BCUT2D eigenvalue weighted by atomic mass is 9.80. The van der Waals surface area contributed by atoms with Gasteiger partial charge in [-0.3, -0.25) is 0 Å². The summed E-state index contributed by atoms with van der Waals surface area (Å²) in [7, 11) is 0. The van der Waals surface area contributed by atoms with Crippen LogP contribution in [-0.4, -0.2) is 46.8 Å². The van der Waals surface area contributed by atoms with Crippen LogP contribution in [0.3, 0.4) is 0 Å². The number of benzene rings is 6. The van der Waals surface area contributed by atoms with Crippen molar-refractivity contribution in [2.75, 3.05) is 13.2 Å². The van der Waals surface area contributed by atoms with Crippen molar-refractivity contribution in [2.45, 2.75) is 29.5 Å². The minimum Gasteiger partial charge on any atom is -0.388 e. The molecule has 0 saturated carbocycles. The zero-order valence-electron chi connectivity index (χ0n) is 26.6. The second-order valence-corrected chi connectivity index (χ2v) is 11.8. The van der Waals surface area contributed by atoms with Crippen molar-refractivity contribution in [1.29, 1.82) is 0 Å². The zero-order chi connectivity index (χ0) is 33.2. The summed E-state index contributed by atoms with van der Waals surface area (Å²) in [5, 5.41) is 34.1. The topological polar surface area (TPSA) is 79.2 Å². The van der Waals surface area contributed by atoms with Crippen LogP contribution in [0.4, 0.5) is 0 Å². The largest absolute Gasteiger partial charge is 0.388 e. The van der Waals surface area contributed by atoms with E-state index in [0.29, 0.717) is 0 Å². The Morgan fingerprint density at radius 3 is 0.708 bits per heavy atom. The second kappa shape index (κ2) is 15.3. The molecule has 2 unspecified atom stereocenters. The maximum absolute atomic E-state index is 11.4. The molecule has 48 heavy (non-hydrogen) atoms. The van der Waals surface area contributed by atoms with Crippen molar-refractivity contribution >= 4 is 0 Å². The van der Waals surface area contributed by atoms with E-state index in [-0.39, 0.29) is 13.2 Å². The van der Waals surface area contributed by atoms with E-state index >= 15 is 0 Å². The predicted octanol–water partition coefficient (Wildman–Crippen LogP) is 7.09. The molecule has 0 radical (unpaired) electrons. The van der Waals surface area contributed by atoms with Crippen LogP contribution in [-0.2, 0) is 20.7 Å². The molecule has 3 N–H and O–H groups in total. The second-order valence-electron chi connectivity index (χ2n) is 11.8. The molecule has 6 aromatic rings. The number of ether oxygens (including phenoxy) is 2. The van der Waals surface area contributed by atoms with Gasteiger partial charge in [-0.15, -0.1) is 0 Å². The van der Waals surface area contributed by atoms with E-state index in [0.717, 1.165) is 33.4 Å². The normalized spacial score (nSPS) is 13.8. The van der Waals surface area contributed by atoms with Crippen molar-refractivity contribution in [2.24, 2.45) is 0 Å². The third-order valence-corrected chi connectivity index (χ3v) is 8.81. The number of hydrogen-bond donors (Lipinski definition) is 3. The van der Waals surface area contributed by atoms with E-state index in [1.807, 2.05) is 182 Å². The molecule has 0 spiro atoms. The van der Waals surface area contributed by atoms with Crippen LogP contribution >= 0.6 is 0 Å². The highest BCUT2D eigenvalue weighted by molar-refractivity contribution is 5.49. The Morgan fingerprint density at radius 1 is 0.333 bits per heavy atom. The van der Waals surface area contributed by atoms with E-state index in [1.54, 1.807) is 0 Å². The van der Waals surface area contributed by atoms with Crippen LogP contribution < -0.4 is 0 Å². The van der Waals surface area contributed by atoms with Gasteiger partial charge in [-0.05, 0) is 33.4 Å². The summed E-state index contributed by atoms with van der Waals surface area (Å²) in [6.45, 7) is -0.532. The lowest BCUT2D eigenvalue weighted by Gasteiger charge is -2.38. The van der Waals surface area contributed by atoms with Crippen molar-refractivity contribution in [1.82, 2.24) is 0 Å². The van der Waals surface area contributed by atoms with E-state index in [2.05, 4.69) is 0 Å². The predicted molar refractivity (Wildman–Crippen MR) is 188 cm³/mol. The summed E-state index contributed by atoms with van der Waals surface area (Å²) >= 11 is 0. The molecule has 0 saturated heterocycles. The van der Waals surface area contributed by atoms with E-state index in [9.17, 15) is 15.3 Å². The average molecular weight is 637 g/mol. The van der Waals surface area contributed by atoms with Crippen LogP contribution in [0.2, 0.25) is 0 Å². The van der Waals surface area contributed by atoms with Gasteiger partial charge >= 0.3 is 0 Å². The minimum absolute atomic E-state index is 0.266. The van der Waals surface area contributed by atoms with Gasteiger partial charge < -0.3 is 24.8 Å². The first-order chi connectivity index (χ1) is 23.6. The summed E-state index contributed by atoms with van der Waals surface area (Å²) in [5.74, 6) is 0. The Labute approximate surface area is 282 Å². The molecule has 2 atom stereocenters. The zero-order valence-corrected chi connectivity index (χ0v) is 26.6. The molecular weight excluding hydrogens is 596 g/mol. The van der Waals surface area contributed by atoms with Crippen molar-refractivity contribution < 1.29 is 24.8 Å². The van der Waals surface area contributed by atoms with Crippen LogP contribution in [0.5, 0.6) is 0 Å². The van der Waals surface area contributed by atoms with Crippen LogP contribution in [0, 0.1) is 0 Å². The van der Waals surface area contributed by atoms with Gasteiger partial charge in [0.25, 0.3) is 0 Å².